The van der Waals surface area contributed by atoms with E-state index in [0.29, 0.717) is 19.3 Å². The number of nitrogens with zero attached hydrogens (tertiary/aromatic N) is 1. The Morgan fingerprint density at radius 2 is 2.09 bits per heavy atom. The normalized spacial score (nSPS) is 23.5. The van der Waals surface area contributed by atoms with Crippen molar-refractivity contribution in [2.45, 2.75) is 39.7 Å². The Hall–Kier alpha value is -1.26. The van der Waals surface area contributed by atoms with Crippen molar-refractivity contribution in [3.05, 3.63) is 35.8 Å². The molecule has 1 atom stereocenters. The fourth-order valence-electron chi connectivity index (χ4n) is 2.47. The summed E-state index contributed by atoms with van der Waals surface area (Å²) in [7, 11) is 2.04. The topological polar surface area (TPSA) is 33.7 Å². The van der Waals surface area contributed by atoms with Gasteiger partial charge in [-0.05, 0) is 57.6 Å². The summed E-state index contributed by atoms with van der Waals surface area (Å²) < 4.78 is 11.0. The van der Waals surface area contributed by atoms with Gasteiger partial charge in [-0.25, -0.2) is 0 Å². The molecule has 0 spiro atoms. The molecular weight excluding hydrogens is 276 g/mol. The van der Waals surface area contributed by atoms with E-state index in [2.05, 4.69) is 36.2 Å². The van der Waals surface area contributed by atoms with Crippen molar-refractivity contribution in [3.8, 4) is 0 Å². The summed E-state index contributed by atoms with van der Waals surface area (Å²) >= 11 is 0. The molecule has 1 unspecified atom stereocenters. The molecule has 1 N–H and O–H groups in total. The second kappa shape index (κ2) is 11.3. The highest BCUT2D eigenvalue weighted by molar-refractivity contribution is 5.25. The molecule has 0 fully saturated rings. The molecule has 4 heteroatoms. The largest absolute Gasteiger partial charge is 0.498 e. The summed E-state index contributed by atoms with van der Waals surface area (Å²) in [5.41, 5.74) is 1.25. The van der Waals surface area contributed by atoms with Crippen LogP contribution in [0.2, 0.25) is 0 Å². The molecule has 1 heterocycles. The molecule has 4 nitrogen and oxygen atoms in total. The van der Waals surface area contributed by atoms with E-state index in [4.69, 9.17) is 9.47 Å². The highest BCUT2D eigenvalue weighted by atomic mass is 16.5. The van der Waals surface area contributed by atoms with Crippen LogP contribution in [0.25, 0.3) is 0 Å². The monoisotopic (exact) mass is 308 g/mol. The van der Waals surface area contributed by atoms with Crippen LogP contribution in [-0.4, -0.2) is 50.8 Å². The SMILES string of the molecule is CCCN(CC)CC(CC1=C/C=C(\C)OCCO\C=C\1)NC. The quantitative estimate of drug-likeness (QED) is 0.747. The van der Waals surface area contributed by atoms with Crippen molar-refractivity contribution in [2.75, 3.05) is 39.9 Å². The van der Waals surface area contributed by atoms with Gasteiger partial charge in [0.2, 0.25) is 0 Å². The van der Waals surface area contributed by atoms with Gasteiger partial charge in [-0.1, -0.05) is 19.9 Å². The van der Waals surface area contributed by atoms with Gasteiger partial charge in [0, 0.05) is 12.6 Å². The Morgan fingerprint density at radius 1 is 1.27 bits per heavy atom. The fraction of sp³-hybridized carbons (Fsp3) is 0.667. The van der Waals surface area contributed by atoms with E-state index in [1.807, 2.05) is 20.0 Å². The lowest BCUT2D eigenvalue weighted by atomic mass is 10.0. The van der Waals surface area contributed by atoms with E-state index >= 15 is 0 Å². The highest BCUT2D eigenvalue weighted by Crippen LogP contribution is 2.12. The third-order valence-electron chi connectivity index (χ3n) is 3.80. The predicted molar refractivity (Wildman–Crippen MR) is 92.8 cm³/mol. The number of ether oxygens (including phenoxy) is 2. The van der Waals surface area contributed by atoms with Gasteiger partial charge >= 0.3 is 0 Å². The number of likely N-dealkylation sites (N-methyl/N-ethyl adjacent to an activating group) is 2. The van der Waals surface area contributed by atoms with Crippen LogP contribution >= 0.6 is 0 Å². The van der Waals surface area contributed by atoms with Gasteiger partial charge in [0.15, 0.2) is 0 Å². The zero-order valence-electron chi connectivity index (χ0n) is 14.6. The number of nitrogens with one attached hydrogen (secondary N) is 1. The summed E-state index contributed by atoms with van der Waals surface area (Å²) in [6, 6.07) is 0.431. The lowest BCUT2D eigenvalue weighted by Crippen LogP contribution is -2.40. The minimum Gasteiger partial charge on any atom is -0.498 e. The Labute approximate surface area is 135 Å². The minimum atomic E-state index is 0.431. The summed E-state index contributed by atoms with van der Waals surface area (Å²) in [5.74, 6) is 0.929. The van der Waals surface area contributed by atoms with Crippen LogP contribution in [0, 0.1) is 0 Å². The molecule has 1 aliphatic heterocycles. The Morgan fingerprint density at radius 3 is 2.77 bits per heavy atom. The maximum Gasteiger partial charge on any atom is 0.122 e. The zero-order chi connectivity index (χ0) is 16.2. The van der Waals surface area contributed by atoms with Crippen LogP contribution in [0.5, 0.6) is 0 Å². The molecule has 0 amide bonds. The van der Waals surface area contributed by atoms with Gasteiger partial charge in [0.25, 0.3) is 0 Å². The van der Waals surface area contributed by atoms with Crippen molar-refractivity contribution < 1.29 is 9.47 Å². The van der Waals surface area contributed by atoms with E-state index in [1.54, 1.807) is 6.26 Å². The molecule has 0 aromatic carbocycles. The molecule has 0 bridgehead atoms. The molecule has 0 saturated heterocycles. The maximum absolute atomic E-state index is 5.55. The second-order valence-electron chi connectivity index (χ2n) is 5.62. The summed E-state index contributed by atoms with van der Waals surface area (Å²) in [4.78, 5) is 2.49. The van der Waals surface area contributed by atoms with Crippen LogP contribution in [0.3, 0.4) is 0 Å². The molecule has 1 rings (SSSR count). The van der Waals surface area contributed by atoms with E-state index in [0.717, 1.165) is 31.8 Å². The van der Waals surface area contributed by atoms with Crippen LogP contribution in [-0.2, 0) is 9.47 Å². The number of rotatable bonds is 8. The molecule has 22 heavy (non-hydrogen) atoms. The maximum atomic E-state index is 5.55. The van der Waals surface area contributed by atoms with Crippen LogP contribution in [0.1, 0.15) is 33.6 Å². The third-order valence-corrected chi connectivity index (χ3v) is 3.80. The number of hydrogen-bond acceptors (Lipinski definition) is 4. The zero-order valence-corrected chi connectivity index (χ0v) is 14.6. The first-order chi connectivity index (χ1) is 10.7. The van der Waals surface area contributed by atoms with Gasteiger partial charge in [-0.15, -0.1) is 0 Å². The molecule has 0 aromatic rings. The van der Waals surface area contributed by atoms with Crippen molar-refractivity contribution in [3.63, 3.8) is 0 Å². The smallest absolute Gasteiger partial charge is 0.122 e. The molecular formula is C18H32N2O2. The standard InChI is InChI=1S/C18H32N2O2/c1-5-10-20(6-2)15-18(19-4)14-17-8-7-16(3)22-13-12-21-11-9-17/h7-9,11,18-19H,5-6,10,12-15H2,1-4H3/b11-9+,16-7+,17-8+. The lowest BCUT2D eigenvalue weighted by Gasteiger charge is -2.26. The highest BCUT2D eigenvalue weighted by Gasteiger charge is 2.12. The van der Waals surface area contributed by atoms with E-state index in [1.165, 1.54) is 12.0 Å². The molecule has 126 valence electrons. The van der Waals surface area contributed by atoms with Gasteiger partial charge in [-0.2, -0.15) is 0 Å². The first kappa shape index (κ1) is 18.8. The van der Waals surface area contributed by atoms with Crippen molar-refractivity contribution in [1.29, 1.82) is 0 Å². The molecule has 0 aromatic heterocycles. The second-order valence-corrected chi connectivity index (χ2v) is 5.62. The average molecular weight is 308 g/mol. The third kappa shape index (κ3) is 7.66. The summed E-state index contributed by atoms with van der Waals surface area (Å²) in [5, 5.41) is 3.44. The van der Waals surface area contributed by atoms with E-state index < -0.39 is 0 Å². The Kier molecular flexibility index (Phi) is 9.67. The van der Waals surface area contributed by atoms with E-state index in [9.17, 15) is 0 Å². The first-order valence-corrected chi connectivity index (χ1v) is 8.37. The lowest BCUT2D eigenvalue weighted by molar-refractivity contribution is 0.132. The van der Waals surface area contributed by atoms with Gasteiger partial charge < -0.3 is 19.7 Å². The number of hydrogen-bond donors (Lipinski definition) is 1. The first-order valence-electron chi connectivity index (χ1n) is 8.37. The van der Waals surface area contributed by atoms with Gasteiger partial charge in [-0.3, -0.25) is 0 Å². The van der Waals surface area contributed by atoms with Gasteiger partial charge in [0.1, 0.15) is 13.2 Å². The summed E-state index contributed by atoms with van der Waals surface area (Å²) in [6.45, 7) is 10.9. The van der Waals surface area contributed by atoms with Crippen molar-refractivity contribution in [2.24, 2.45) is 0 Å². The Bertz CT molecular complexity index is 389. The van der Waals surface area contributed by atoms with Crippen molar-refractivity contribution in [1.82, 2.24) is 10.2 Å². The molecule has 0 radical (unpaired) electrons. The Balaban J connectivity index is 2.70. The molecule has 0 saturated carbocycles. The van der Waals surface area contributed by atoms with E-state index in [-0.39, 0.29) is 0 Å². The average Bonchev–Trinajstić information content (AvgIpc) is 2.53. The minimum absolute atomic E-state index is 0.431. The van der Waals surface area contributed by atoms with Crippen LogP contribution in [0.15, 0.2) is 35.8 Å². The van der Waals surface area contributed by atoms with Crippen LogP contribution in [0.4, 0.5) is 0 Å². The van der Waals surface area contributed by atoms with Gasteiger partial charge in [0.05, 0.1) is 12.0 Å². The number of allylic oxidation sites excluding steroid dienone is 4. The predicted octanol–water partition coefficient (Wildman–Crippen LogP) is 3.09. The molecule has 1 aliphatic rings. The van der Waals surface area contributed by atoms with Crippen molar-refractivity contribution >= 4 is 0 Å². The molecule has 0 aliphatic carbocycles. The fourth-order valence-corrected chi connectivity index (χ4v) is 2.47. The van der Waals surface area contributed by atoms with Crippen LogP contribution < -0.4 is 5.32 Å². The summed E-state index contributed by atoms with van der Waals surface area (Å²) in [6.07, 6.45) is 10.2.